The van der Waals surface area contributed by atoms with Crippen LogP contribution < -0.4 is 16.0 Å². The van der Waals surface area contributed by atoms with Crippen molar-refractivity contribution in [3.8, 4) is 0 Å². The van der Waals surface area contributed by atoms with Crippen molar-refractivity contribution in [3.63, 3.8) is 0 Å². The number of rotatable bonds is 7. The molecule has 1 rings (SSSR count). The first-order chi connectivity index (χ1) is 11.2. The topological polar surface area (TPSA) is 79.5 Å². The van der Waals surface area contributed by atoms with Crippen LogP contribution in [0.1, 0.15) is 46.6 Å². The number of anilines is 1. The third-order valence-corrected chi connectivity index (χ3v) is 3.21. The fourth-order valence-electron chi connectivity index (χ4n) is 2.07. The standard InChI is InChI=1S/C18H29N3O3/c1-6-15(21-17(23)24-18(3,4)5)12-19-11-14-7-9-16(10-8-14)20-13(2)22/h7-10,15,19H,6,11-12H2,1-5H3,(H,20,22)(H,21,23). The highest BCUT2D eigenvalue weighted by Gasteiger charge is 2.18. The summed E-state index contributed by atoms with van der Waals surface area (Å²) in [5.41, 5.74) is 1.39. The summed E-state index contributed by atoms with van der Waals surface area (Å²) < 4.78 is 5.27. The van der Waals surface area contributed by atoms with Gasteiger partial charge in [-0.2, -0.15) is 0 Å². The molecule has 0 saturated heterocycles. The summed E-state index contributed by atoms with van der Waals surface area (Å²) >= 11 is 0. The van der Waals surface area contributed by atoms with Crippen molar-refractivity contribution in [1.82, 2.24) is 10.6 Å². The van der Waals surface area contributed by atoms with Crippen LogP contribution in [0.5, 0.6) is 0 Å². The fraction of sp³-hybridized carbons (Fsp3) is 0.556. The summed E-state index contributed by atoms with van der Waals surface area (Å²) in [5, 5.41) is 8.93. The van der Waals surface area contributed by atoms with E-state index in [0.29, 0.717) is 13.1 Å². The summed E-state index contributed by atoms with van der Waals surface area (Å²) in [6, 6.07) is 7.67. The maximum atomic E-state index is 11.8. The van der Waals surface area contributed by atoms with E-state index >= 15 is 0 Å². The van der Waals surface area contributed by atoms with Crippen LogP contribution in [0.15, 0.2) is 24.3 Å². The summed E-state index contributed by atoms with van der Waals surface area (Å²) in [7, 11) is 0. The molecule has 1 atom stereocenters. The third-order valence-electron chi connectivity index (χ3n) is 3.21. The molecule has 0 saturated carbocycles. The van der Waals surface area contributed by atoms with Gasteiger partial charge in [-0.25, -0.2) is 4.79 Å². The Hall–Kier alpha value is -2.08. The van der Waals surface area contributed by atoms with Crippen molar-refractivity contribution in [2.75, 3.05) is 11.9 Å². The van der Waals surface area contributed by atoms with E-state index in [9.17, 15) is 9.59 Å². The van der Waals surface area contributed by atoms with Gasteiger partial charge >= 0.3 is 6.09 Å². The number of hydrogen-bond donors (Lipinski definition) is 3. The zero-order valence-electron chi connectivity index (χ0n) is 15.2. The van der Waals surface area contributed by atoms with E-state index in [-0.39, 0.29) is 11.9 Å². The number of nitrogens with one attached hydrogen (secondary N) is 3. The number of carbonyl (C=O) groups is 2. The molecule has 24 heavy (non-hydrogen) atoms. The fourth-order valence-corrected chi connectivity index (χ4v) is 2.07. The second kappa shape index (κ2) is 9.27. The average molecular weight is 335 g/mol. The van der Waals surface area contributed by atoms with E-state index in [1.54, 1.807) is 0 Å². The quantitative estimate of drug-likeness (QED) is 0.715. The Labute approximate surface area is 144 Å². The van der Waals surface area contributed by atoms with Crippen LogP contribution in [-0.2, 0) is 16.1 Å². The first-order valence-electron chi connectivity index (χ1n) is 8.26. The maximum Gasteiger partial charge on any atom is 0.407 e. The van der Waals surface area contributed by atoms with Crippen molar-refractivity contribution in [2.24, 2.45) is 0 Å². The average Bonchev–Trinajstić information content (AvgIpc) is 2.45. The lowest BCUT2D eigenvalue weighted by Gasteiger charge is -2.23. The summed E-state index contributed by atoms with van der Waals surface area (Å²) in [6.07, 6.45) is 0.420. The molecule has 6 heteroatoms. The predicted molar refractivity (Wildman–Crippen MR) is 95.9 cm³/mol. The van der Waals surface area contributed by atoms with Crippen LogP contribution >= 0.6 is 0 Å². The molecule has 0 aliphatic heterocycles. The third kappa shape index (κ3) is 8.53. The van der Waals surface area contributed by atoms with Gasteiger partial charge in [0.1, 0.15) is 5.60 Å². The highest BCUT2D eigenvalue weighted by atomic mass is 16.6. The lowest BCUT2D eigenvalue weighted by atomic mass is 10.2. The lowest BCUT2D eigenvalue weighted by molar-refractivity contribution is -0.114. The van der Waals surface area contributed by atoms with Gasteiger partial charge in [0.05, 0.1) is 0 Å². The van der Waals surface area contributed by atoms with Crippen LogP contribution in [0.25, 0.3) is 0 Å². The number of alkyl carbamates (subject to hydrolysis) is 1. The minimum Gasteiger partial charge on any atom is -0.444 e. The van der Waals surface area contributed by atoms with Gasteiger partial charge in [-0.05, 0) is 44.9 Å². The Morgan fingerprint density at radius 2 is 1.79 bits per heavy atom. The van der Waals surface area contributed by atoms with Gasteiger partial charge in [0.25, 0.3) is 0 Å². The Morgan fingerprint density at radius 1 is 1.17 bits per heavy atom. The highest BCUT2D eigenvalue weighted by molar-refractivity contribution is 5.88. The molecule has 0 aromatic heterocycles. The summed E-state index contributed by atoms with van der Waals surface area (Å²) in [6.45, 7) is 10.4. The van der Waals surface area contributed by atoms with Crippen LogP contribution in [0.4, 0.5) is 10.5 Å². The molecule has 0 spiro atoms. The Morgan fingerprint density at radius 3 is 2.29 bits per heavy atom. The largest absolute Gasteiger partial charge is 0.444 e. The maximum absolute atomic E-state index is 11.8. The molecule has 0 heterocycles. The van der Waals surface area contributed by atoms with Gasteiger partial charge in [0.15, 0.2) is 0 Å². The smallest absolute Gasteiger partial charge is 0.407 e. The van der Waals surface area contributed by atoms with Crippen LogP contribution in [0, 0.1) is 0 Å². The normalized spacial score (nSPS) is 12.4. The molecule has 6 nitrogen and oxygen atoms in total. The molecule has 0 aliphatic rings. The lowest BCUT2D eigenvalue weighted by Crippen LogP contribution is -2.43. The number of carbonyl (C=O) groups excluding carboxylic acids is 2. The predicted octanol–water partition coefficient (Wildman–Crippen LogP) is 3.04. The SMILES string of the molecule is CCC(CNCc1ccc(NC(C)=O)cc1)NC(=O)OC(C)(C)C. The van der Waals surface area contributed by atoms with Gasteiger partial charge in [0, 0.05) is 31.7 Å². The minimum atomic E-state index is -0.495. The number of amides is 2. The Kier molecular flexibility index (Phi) is 7.71. The number of ether oxygens (including phenoxy) is 1. The molecular formula is C18H29N3O3. The van der Waals surface area contributed by atoms with Gasteiger partial charge in [0.2, 0.25) is 5.91 Å². The van der Waals surface area contributed by atoms with Gasteiger partial charge < -0.3 is 20.7 Å². The molecule has 0 radical (unpaired) electrons. The molecule has 2 amide bonds. The molecule has 3 N–H and O–H groups in total. The Balaban J connectivity index is 2.38. The summed E-state index contributed by atoms with van der Waals surface area (Å²) in [5.74, 6) is -0.0834. The first kappa shape index (κ1) is 20.0. The van der Waals surface area contributed by atoms with Crippen LogP contribution in [-0.4, -0.2) is 30.2 Å². The summed E-state index contributed by atoms with van der Waals surface area (Å²) in [4.78, 5) is 22.8. The zero-order chi connectivity index (χ0) is 18.2. The van der Waals surface area contributed by atoms with Crippen molar-refractivity contribution in [1.29, 1.82) is 0 Å². The van der Waals surface area contributed by atoms with Gasteiger partial charge in [-0.15, -0.1) is 0 Å². The first-order valence-corrected chi connectivity index (χ1v) is 8.26. The molecule has 1 aromatic carbocycles. The second-order valence-electron chi connectivity index (χ2n) is 6.76. The molecule has 0 bridgehead atoms. The van der Waals surface area contributed by atoms with Crippen molar-refractivity contribution < 1.29 is 14.3 Å². The monoisotopic (exact) mass is 335 g/mol. The van der Waals surface area contributed by atoms with Crippen LogP contribution in [0.2, 0.25) is 0 Å². The molecule has 0 aliphatic carbocycles. The van der Waals surface area contributed by atoms with E-state index in [4.69, 9.17) is 4.74 Å². The molecule has 134 valence electrons. The number of benzene rings is 1. The Bertz CT molecular complexity index is 535. The number of hydrogen-bond acceptors (Lipinski definition) is 4. The van der Waals surface area contributed by atoms with E-state index in [1.165, 1.54) is 6.92 Å². The second-order valence-corrected chi connectivity index (χ2v) is 6.76. The van der Waals surface area contributed by atoms with E-state index in [0.717, 1.165) is 17.7 Å². The van der Waals surface area contributed by atoms with Crippen molar-refractivity contribution >= 4 is 17.7 Å². The molecule has 1 aromatic rings. The van der Waals surface area contributed by atoms with E-state index in [2.05, 4.69) is 16.0 Å². The van der Waals surface area contributed by atoms with E-state index < -0.39 is 11.7 Å². The molecule has 0 fully saturated rings. The van der Waals surface area contributed by atoms with Crippen molar-refractivity contribution in [2.45, 2.75) is 59.2 Å². The van der Waals surface area contributed by atoms with Crippen LogP contribution in [0.3, 0.4) is 0 Å². The van der Waals surface area contributed by atoms with Crippen molar-refractivity contribution in [3.05, 3.63) is 29.8 Å². The van der Waals surface area contributed by atoms with E-state index in [1.807, 2.05) is 52.0 Å². The molecule has 1 unspecified atom stereocenters. The highest BCUT2D eigenvalue weighted by Crippen LogP contribution is 2.09. The van der Waals surface area contributed by atoms with Gasteiger partial charge in [-0.1, -0.05) is 19.1 Å². The minimum absolute atomic E-state index is 0.0125. The molecular weight excluding hydrogens is 306 g/mol. The van der Waals surface area contributed by atoms with Gasteiger partial charge in [-0.3, -0.25) is 4.79 Å². The zero-order valence-corrected chi connectivity index (χ0v) is 15.2.